The SMILES string of the molecule is NC(C(=O)NS(=O)(=O)c1cc(Cl)cc2cccnc12)c1ccc(Cl)cc1. The number of aromatic nitrogens is 1. The number of fused-ring (bicyclic) bond motifs is 1. The molecular weight excluding hydrogens is 397 g/mol. The number of hydrogen-bond acceptors (Lipinski definition) is 5. The molecule has 9 heteroatoms. The van der Waals surface area contributed by atoms with Gasteiger partial charge in [0.2, 0.25) is 0 Å². The molecule has 6 nitrogen and oxygen atoms in total. The van der Waals surface area contributed by atoms with Crippen molar-refractivity contribution in [2.75, 3.05) is 0 Å². The second-order valence-corrected chi connectivity index (χ2v) is 8.00. The summed E-state index contributed by atoms with van der Waals surface area (Å²) >= 11 is 11.8. The van der Waals surface area contributed by atoms with Crippen LogP contribution in [0, 0.1) is 0 Å². The van der Waals surface area contributed by atoms with E-state index in [2.05, 4.69) is 4.98 Å². The van der Waals surface area contributed by atoms with Crippen LogP contribution in [0.3, 0.4) is 0 Å². The van der Waals surface area contributed by atoms with Crippen LogP contribution < -0.4 is 10.5 Å². The molecule has 0 aliphatic rings. The van der Waals surface area contributed by atoms with Gasteiger partial charge in [-0.3, -0.25) is 9.78 Å². The van der Waals surface area contributed by atoms with Crippen molar-refractivity contribution in [2.24, 2.45) is 5.73 Å². The van der Waals surface area contributed by atoms with Crippen LogP contribution in [-0.2, 0) is 14.8 Å². The van der Waals surface area contributed by atoms with Crippen LogP contribution in [-0.4, -0.2) is 19.3 Å². The highest BCUT2D eigenvalue weighted by Crippen LogP contribution is 2.26. The molecule has 0 fully saturated rings. The van der Waals surface area contributed by atoms with Gasteiger partial charge in [-0.2, -0.15) is 0 Å². The highest BCUT2D eigenvalue weighted by molar-refractivity contribution is 7.90. The topological polar surface area (TPSA) is 102 Å². The molecule has 3 aromatic rings. The van der Waals surface area contributed by atoms with Crippen molar-refractivity contribution in [3.8, 4) is 0 Å². The predicted octanol–water partition coefficient (Wildman–Crippen LogP) is 3.05. The molecule has 3 rings (SSSR count). The minimum atomic E-state index is -4.22. The summed E-state index contributed by atoms with van der Waals surface area (Å²) in [7, 11) is -4.22. The number of carbonyl (C=O) groups is 1. The Morgan fingerprint density at radius 1 is 1.08 bits per heavy atom. The molecular formula is C17H13Cl2N3O3S. The Bertz CT molecular complexity index is 1090. The largest absolute Gasteiger partial charge is 0.316 e. The van der Waals surface area contributed by atoms with Gasteiger partial charge >= 0.3 is 0 Å². The van der Waals surface area contributed by atoms with E-state index >= 15 is 0 Å². The maximum Gasteiger partial charge on any atom is 0.266 e. The van der Waals surface area contributed by atoms with Gasteiger partial charge in [0.15, 0.2) is 0 Å². The van der Waals surface area contributed by atoms with Gasteiger partial charge in [0.1, 0.15) is 10.9 Å². The Balaban J connectivity index is 1.94. The number of nitrogens with two attached hydrogens (primary N) is 1. The lowest BCUT2D eigenvalue weighted by atomic mass is 10.1. The van der Waals surface area contributed by atoms with E-state index in [-0.39, 0.29) is 15.4 Å². The first kappa shape index (κ1) is 18.6. The number of nitrogens with one attached hydrogen (secondary N) is 1. The van der Waals surface area contributed by atoms with Crippen molar-refractivity contribution < 1.29 is 13.2 Å². The van der Waals surface area contributed by atoms with E-state index in [1.54, 1.807) is 42.5 Å². The lowest BCUT2D eigenvalue weighted by Crippen LogP contribution is -2.38. The smallest absolute Gasteiger partial charge is 0.266 e. The van der Waals surface area contributed by atoms with Gasteiger partial charge in [-0.05, 0) is 35.9 Å². The second kappa shape index (κ2) is 7.20. The average Bonchev–Trinajstić information content (AvgIpc) is 2.60. The molecule has 1 unspecified atom stereocenters. The van der Waals surface area contributed by atoms with Crippen LogP contribution in [0.1, 0.15) is 11.6 Å². The Hall–Kier alpha value is -2.19. The lowest BCUT2D eigenvalue weighted by Gasteiger charge is -2.14. The van der Waals surface area contributed by atoms with Crippen molar-refractivity contribution in [1.29, 1.82) is 0 Å². The van der Waals surface area contributed by atoms with E-state index in [1.807, 2.05) is 4.72 Å². The molecule has 3 N–H and O–H groups in total. The summed E-state index contributed by atoms with van der Waals surface area (Å²) in [5.41, 5.74) is 6.49. The molecule has 1 heterocycles. The minimum Gasteiger partial charge on any atom is -0.316 e. The molecule has 1 atom stereocenters. The molecule has 1 amide bonds. The number of carbonyl (C=O) groups excluding carboxylic acids is 1. The zero-order valence-electron chi connectivity index (χ0n) is 13.2. The minimum absolute atomic E-state index is 0.197. The molecule has 0 aliphatic carbocycles. The zero-order valence-corrected chi connectivity index (χ0v) is 15.5. The van der Waals surface area contributed by atoms with E-state index in [0.29, 0.717) is 16.0 Å². The molecule has 2 aromatic carbocycles. The lowest BCUT2D eigenvalue weighted by molar-refractivity contribution is -0.120. The van der Waals surface area contributed by atoms with Gasteiger partial charge in [-0.15, -0.1) is 0 Å². The first-order chi connectivity index (χ1) is 12.3. The first-order valence-corrected chi connectivity index (χ1v) is 9.64. The molecule has 26 heavy (non-hydrogen) atoms. The summed E-state index contributed by atoms with van der Waals surface area (Å²) in [6, 6.07) is 11.2. The third kappa shape index (κ3) is 3.81. The van der Waals surface area contributed by atoms with Crippen LogP contribution >= 0.6 is 23.2 Å². The normalized spacial score (nSPS) is 12.7. The monoisotopic (exact) mass is 409 g/mol. The fraction of sp³-hybridized carbons (Fsp3) is 0.0588. The fourth-order valence-corrected chi connectivity index (χ4v) is 4.03. The molecule has 0 aliphatic heterocycles. The van der Waals surface area contributed by atoms with Crippen LogP contribution in [0.5, 0.6) is 0 Å². The first-order valence-electron chi connectivity index (χ1n) is 7.40. The maximum absolute atomic E-state index is 12.7. The summed E-state index contributed by atoms with van der Waals surface area (Å²) in [6.07, 6.45) is 1.45. The summed E-state index contributed by atoms with van der Waals surface area (Å²) in [5, 5.41) is 1.22. The Kier molecular flexibility index (Phi) is 5.15. The fourth-order valence-electron chi connectivity index (χ4n) is 2.40. The number of rotatable bonds is 4. The summed E-state index contributed by atoms with van der Waals surface area (Å²) in [6.45, 7) is 0. The van der Waals surface area contributed by atoms with E-state index in [9.17, 15) is 13.2 Å². The maximum atomic E-state index is 12.7. The number of sulfonamides is 1. The summed E-state index contributed by atoms with van der Waals surface area (Å²) in [4.78, 5) is 16.2. The van der Waals surface area contributed by atoms with Gasteiger partial charge in [-0.1, -0.05) is 41.4 Å². The number of benzene rings is 2. The van der Waals surface area contributed by atoms with E-state index in [1.165, 1.54) is 12.3 Å². The van der Waals surface area contributed by atoms with Crippen LogP contribution in [0.25, 0.3) is 10.9 Å². The molecule has 134 valence electrons. The second-order valence-electron chi connectivity index (χ2n) is 5.48. The average molecular weight is 410 g/mol. The van der Waals surface area contributed by atoms with Crippen molar-refractivity contribution in [2.45, 2.75) is 10.9 Å². The third-order valence-corrected chi connectivity index (χ3v) is 5.50. The van der Waals surface area contributed by atoms with E-state index < -0.39 is 22.0 Å². The molecule has 1 aromatic heterocycles. The van der Waals surface area contributed by atoms with Gasteiger partial charge in [-0.25, -0.2) is 13.1 Å². The van der Waals surface area contributed by atoms with Gasteiger partial charge in [0.05, 0.1) is 5.52 Å². The Labute approximate surface area is 160 Å². The molecule has 0 bridgehead atoms. The van der Waals surface area contributed by atoms with Crippen LogP contribution in [0.4, 0.5) is 0 Å². The van der Waals surface area contributed by atoms with Gasteiger partial charge in [0.25, 0.3) is 15.9 Å². The number of pyridine rings is 1. The van der Waals surface area contributed by atoms with Crippen LogP contribution in [0.2, 0.25) is 10.0 Å². The predicted molar refractivity (Wildman–Crippen MR) is 100 cm³/mol. The van der Waals surface area contributed by atoms with E-state index in [0.717, 1.165) is 0 Å². The molecule has 0 saturated carbocycles. The standard InChI is InChI=1S/C17H13Cl2N3O3S/c18-12-5-3-10(4-6-12)15(20)17(23)22-26(24,25)14-9-13(19)8-11-2-1-7-21-16(11)14/h1-9,15H,20H2,(H,22,23). The molecule has 0 spiro atoms. The Morgan fingerprint density at radius 3 is 2.46 bits per heavy atom. The highest BCUT2D eigenvalue weighted by Gasteiger charge is 2.25. The van der Waals surface area contributed by atoms with Crippen molar-refractivity contribution in [3.63, 3.8) is 0 Å². The van der Waals surface area contributed by atoms with Crippen LogP contribution in [0.15, 0.2) is 59.6 Å². The van der Waals surface area contributed by atoms with Crippen molar-refractivity contribution >= 4 is 50.0 Å². The van der Waals surface area contributed by atoms with Crippen molar-refractivity contribution in [1.82, 2.24) is 9.71 Å². The third-order valence-electron chi connectivity index (χ3n) is 3.67. The number of hydrogen-bond donors (Lipinski definition) is 2. The quantitative estimate of drug-likeness (QED) is 0.689. The summed E-state index contributed by atoms with van der Waals surface area (Å²) < 4.78 is 27.4. The number of halogens is 2. The number of nitrogens with zero attached hydrogens (tertiary/aromatic N) is 1. The highest BCUT2D eigenvalue weighted by atomic mass is 35.5. The van der Waals surface area contributed by atoms with Gasteiger partial charge < -0.3 is 5.73 Å². The number of amides is 1. The Morgan fingerprint density at radius 2 is 1.77 bits per heavy atom. The summed E-state index contributed by atoms with van der Waals surface area (Å²) in [5.74, 6) is -0.878. The van der Waals surface area contributed by atoms with Crippen molar-refractivity contribution in [3.05, 3.63) is 70.3 Å². The molecule has 0 radical (unpaired) electrons. The van der Waals surface area contributed by atoms with E-state index in [4.69, 9.17) is 28.9 Å². The zero-order chi connectivity index (χ0) is 18.9. The van der Waals surface area contributed by atoms with Gasteiger partial charge in [0, 0.05) is 21.6 Å². The molecule has 0 saturated heterocycles.